The van der Waals surface area contributed by atoms with Crippen molar-refractivity contribution in [3.8, 4) is 11.5 Å². The molecule has 0 spiro atoms. The van der Waals surface area contributed by atoms with E-state index in [2.05, 4.69) is 4.74 Å². The number of hydrogen-bond acceptors (Lipinski definition) is 5. The third-order valence-corrected chi connectivity index (χ3v) is 5.87. The van der Waals surface area contributed by atoms with Gasteiger partial charge in [-0.3, -0.25) is 0 Å². The van der Waals surface area contributed by atoms with Crippen molar-refractivity contribution in [3.63, 3.8) is 0 Å². The first-order valence-electron chi connectivity index (χ1n) is 7.37. The van der Waals surface area contributed by atoms with Crippen molar-refractivity contribution < 1.29 is 42.1 Å². The van der Waals surface area contributed by atoms with Gasteiger partial charge in [-0.1, -0.05) is 19.4 Å². The molecule has 0 aliphatic heterocycles. The van der Waals surface area contributed by atoms with E-state index in [1.54, 1.807) is 0 Å². The Balaban J connectivity index is 2.52. The summed E-state index contributed by atoms with van der Waals surface area (Å²) in [7, 11) is -12.6. The summed E-state index contributed by atoms with van der Waals surface area (Å²) in [6.07, 6.45) is 0.836. The second-order valence-electron chi connectivity index (χ2n) is 5.92. The Bertz CT molecular complexity index is 1050. The largest absolute Gasteiger partial charge is 0.465 e. The third-order valence-electron chi connectivity index (χ3n) is 3.59. The monoisotopic (exact) mass is 446 g/mol. The molecule has 0 atom stereocenters. The van der Waals surface area contributed by atoms with Gasteiger partial charge in [-0.25, -0.2) is 13.2 Å². The van der Waals surface area contributed by atoms with E-state index >= 15 is 0 Å². The molecule has 0 heterocycles. The molecule has 0 saturated carbocycles. The SMILES string of the molecule is COC(=O)c1cc(S(C)(=O)=O)c(Oc2ccc(S(F)(F)(F)(F)F)cc2)cc1C. The van der Waals surface area contributed by atoms with Crippen LogP contribution in [0.5, 0.6) is 11.5 Å². The number of halogens is 5. The first kappa shape index (κ1) is 22.0. The minimum atomic E-state index is -9.83. The maximum Gasteiger partial charge on any atom is 0.338 e. The van der Waals surface area contributed by atoms with Gasteiger partial charge in [0.1, 0.15) is 21.3 Å². The summed E-state index contributed by atoms with van der Waals surface area (Å²) in [5.74, 6) is -1.39. The summed E-state index contributed by atoms with van der Waals surface area (Å²) < 4.78 is 97.7. The average Bonchev–Trinajstić information content (AvgIpc) is 2.51. The Kier molecular flexibility index (Phi) is 4.77. The van der Waals surface area contributed by atoms with Gasteiger partial charge in [0.15, 0.2) is 9.84 Å². The first-order chi connectivity index (χ1) is 12.4. The highest BCUT2D eigenvalue weighted by Gasteiger charge is 2.65. The molecule has 0 N–H and O–H groups in total. The van der Waals surface area contributed by atoms with Gasteiger partial charge in [0.25, 0.3) is 0 Å². The highest BCUT2D eigenvalue weighted by Crippen LogP contribution is 3.02. The van der Waals surface area contributed by atoms with E-state index in [-0.39, 0.29) is 34.8 Å². The number of rotatable bonds is 5. The quantitative estimate of drug-likeness (QED) is 0.440. The van der Waals surface area contributed by atoms with Crippen LogP contribution in [0.3, 0.4) is 0 Å². The summed E-state index contributed by atoms with van der Waals surface area (Å²) >= 11 is 0. The Morgan fingerprint density at radius 3 is 1.96 bits per heavy atom. The number of ether oxygens (including phenoxy) is 2. The molecule has 0 unspecified atom stereocenters. The minimum absolute atomic E-state index is 0.0495. The summed E-state index contributed by atoms with van der Waals surface area (Å²) in [4.78, 5) is 9.22. The van der Waals surface area contributed by atoms with Crippen molar-refractivity contribution in [2.75, 3.05) is 13.4 Å². The maximum absolute atomic E-state index is 12.8. The Hall–Kier alpha value is -2.34. The van der Waals surface area contributed by atoms with Crippen LogP contribution in [0.1, 0.15) is 15.9 Å². The van der Waals surface area contributed by atoms with Crippen molar-refractivity contribution in [2.45, 2.75) is 16.7 Å². The van der Waals surface area contributed by atoms with Gasteiger partial charge in [0.2, 0.25) is 0 Å². The zero-order valence-corrected chi connectivity index (χ0v) is 16.3. The number of aryl methyl sites for hydroxylation is 1. The van der Waals surface area contributed by atoms with Crippen molar-refractivity contribution >= 4 is 26.0 Å². The van der Waals surface area contributed by atoms with Crippen LogP contribution in [0.2, 0.25) is 0 Å². The van der Waals surface area contributed by atoms with E-state index in [1.165, 1.54) is 13.0 Å². The lowest BCUT2D eigenvalue weighted by Crippen LogP contribution is -2.08. The summed E-state index contributed by atoms with van der Waals surface area (Å²) in [5, 5.41) is 0. The molecule has 28 heavy (non-hydrogen) atoms. The summed E-state index contributed by atoms with van der Waals surface area (Å²) in [5.41, 5.74) is 0.226. The fraction of sp³-hybridized carbons (Fsp3) is 0.188. The summed E-state index contributed by atoms with van der Waals surface area (Å²) in [6.45, 7) is 1.46. The minimum Gasteiger partial charge on any atom is -0.465 e. The fourth-order valence-electron chi connectivity index (χ4n) is 2.25. The highest BCUT2D eigenvalue weighted by molar-refractivity contribution is 8.45. The standard InChI is InChI=1S/C16H15F5O5S2/c1-10-8-14(15(27(3,23)24)9-13(10)16(22)25-2)26-11-4-6-12(7-5-11)28(17,18,19,20)21/h4-9H,1-3H3. The predicted octanol–water partition coefficient (Wildman–Crippen LogP) is 5.63. The van der Waals surface area contributed by atoms with Crippen LogP contribution in [0, 0.1) is 6.92 Å². The zero-order chi connectivity index (χ0) is 21.6. The van der Waals surface area contributed by atoms with E-state index in [9.17, 15) is 32.6 Å². The number of carbonyl (C=O) groups is 1. The van der Waals surface area contributed by atoms with E-state index in [1.807, 2.05) is 0 Å². The van der Waals surface area contributed by atoms with Crippen LogP contribution in [0.15, 0.2) is 46.2 Å². The molecule has 0 aliphatic carbocycles. The molecule has 2 aromatic carbocycles. The molecule has 0 bridgehead atoms. The van der Waals surface area contributed by atoms with E-state index in [0.717, 1.165) is 19.4 Å². The Labute approximate surface area is 157 Å². The molecular weight excluding hydrogens is 431 g/mol. The van der Waals surface area contributed by atoms with Gasteiger partial charge < -0.3 is 9.47 Å². The molecule has 0 aromatic heterocycles. The number of carbonyl (C=O) groups excluding carboxylic acids is 1. The van der Waals surface area contributed by atoms with E-state index < -0.39 is 35.8 Å². The van der Waals surface area contributed by atoms with Crippen molar-refractivity contribution in [2.24, 2.45) is 0 Å². The van der Waals surface area contributed by atoms with Gasteiger partial charge in [0, 0.05) is 6.26 Å². The van der Waals surface area contributed by atoms with Crippen LogP contribution in [0.25, 0.3) is 0 Å². The van der Waals surface area contributed by atoms with E-state index in [0.29, 0.717) is 12.1 Å². The van der Waals surface area contributed by atoms with Gasteiger partial charge >= 0.3 is 16.2 Å². The number of hydrogen-bond donors (Lipinski definition) is 0. The number of benzene rings is 2. The molecule has 0 fully saturated rings. The summed E-state index contributed by atoms with van der Waals surface area (Å²) in [6, 6.07) is 3.76. The van der Waals surface area contributed by atoms with Gasteiger partial charge in [-0.2, -0.15) is 0 Å². The molecule has 0 saturated heterocycles. The lowest BCUT2D eigenvalue weighted by Gasteiger charge is -2.40. The molecule has 12 heteroatoms. The molecule has 156 valence electrons. The Morgan fingerprint density at radius 2 is 1.54 bits per heavy atom. The maximum atomic E-state index is 12.8. The van der Waals surface area contributed by atoms with Crippen molar-refractivity contribution in [1.29, 1.82) is 0 Å². The second kappa shape index (κ2) is 6.08. The normalized spacial score (nSPS) is 14.7. The lowest BCUT2D eigenvalue weighted by atomic mass is 10.1. The molecular formula is C16H15F5O5S2. The van der Waals surface area contributed by atoms with Crippen molar-refractivity contribution in [1.82, 2.24) is 0 Å². The van der Waals surface area contributed by atoms with Gasteiger partial charge in [0.05, 0.1) is 12.7 Å². The van der Waals surface area contributed by atoms with Gasteiger partial charge in [-0.05, 0) is 48.9 Å². The molecule has 0 aliphatic rings. The molecule has 2 rings (SSSR count). The molecule has 5 nitrogen and oxygen atoms in total. The van der Waals surface area contributed by atoms with Crippen LogP contribution in [-0.4, -0.2) is 27.8 Å². The Morgan fingerprint density at radius 1 is 1.00 bits per heavy atom. The predicted molar refractivity (Wildman–Crippen MR) is 93.5 cm³/mol. The van der Waals surface area contributed by atoms with Crippen LogP contribution in [0.4, 0.5) is 19.4 Å². The number of methoxy groups -OCH3 is 1. The average molecular weight is 446 g/mol. The van der Waals surface area contributed by atoms with Crippen LogP contribution in [-0.2, 0) is 14.6 Å². The molecule has 0 radical (unpaired) electrons. The van der Waals surface area contributed by atoms with Crippen molar-refractivity contribution in [3.05, 3.63) is 47.5 Å². The zero-order valence-electron chi connectivity index (χ0n) is 14.7. The van der Waals surface area contributed by atoms with Crippen LogP contribution < -0.4 is 4.74 Å². The lowest BCUT2D eigenvalue weighted by molar-refractivity contribution is 0.0599. The molecule has 2 aromatic rings. The van der Waals surface area contributed by atoms with E-state index in [4.69, 9.17) is 4.74 Å². The third kappa shape index (κ3) is 4.93. The highest BCUT2D eigenvalue weighted by atomic mass is 32.5. The molecule has 0 amide bonds. The fourth-order valence-corrected chi connectivity index (χ4v) is 3.70. The first-order valence-corrected chi connectivity index (χ1v) is 11.2. The smallest absolute Gasteiger partial charge is 0.338 e. The number of sulfone groups is 1. The topological polar surface area (TPSA) is 69.7 Å². The van der Waals surface area contributed by atoms with Crippen LogP contribution >= 0.6 is 10.2 Å². The number of esters is 1. The second-order valence-corrected chi connectivity index (χ2v) is 10.3. The van der Waals surface area contributed by atoms with Gasteiger partial charge in [-0.15, -0.1) is 0 Å².